The van der Waals surface area contributed by atoms with Gasteiger partial charge in [0.1, 0.15) is 0 Å². The van der Waals surface area contributed by atoms with Crippen LogP contribution in [0.15, 0.2) is 61.2 Å². The number of carbonyl (C=O) groups is 1. The van der Waals surface area contributed by atoms with E-state index in [0.717, 1.165) is 41.0 Å². The highest BCUT2D eigenvalue weighted by atomic mass is 16.5. The molecule has 1 unspecified atom stereocenters. The third-order valence-corrected chi connectivity index (χ3v) is 6.77. The zero-order valence-electron chi connectivity index (χ0n) is 20.2. The van der Waals surface area contributed by atoms with Gasteiger partial charge in [-0.15, -0.1) is 5.10 Å². The standard InChI is InChI=1S/C28H29N3O4/c1-5-25(32)31-22-17-28(18-9-7-6-8-10-18,14-13-21(22)27(30-31)29-20-11-12-20)19-15-23(33-2)26(35-4)24(16-19)34-3/h5-10,13-16,20H,1,11-12,17H2,2-4H3,(H,29,30). The third kappa shape index (κ3) is 3.87. The first-order chi connectivity index (χ1) is 17.0. The van der Waals surface area contributed by atoms with Gasteiger partial charge in [-0.2, -0.15) is 4.68 Å². The van der Waals surface area contributed by atoms with Crippen LogP contribution in [0.5, 0.6) is 17.2 Å². The van der Waals surface area contributed by atoms with Gasteiger partial charge in [-0.05, 0) is 42.2 Å². The van der Waals surface area contributed by atoms with Crippen molar-refractivity contribution < 1.29 is 19.0 Å². The molecule has 1 N–H and O–H groups in total. The summed E-state index contributed by atoms with van der Waals surface area (Å²) < 4.78 is 18.4. The zero-order chi connectivity index (χ0) is 24.6. The molecular weight excluding hydrogens is 442 g/mol. The number of carbonyl (C=O) groups excluding carboxylic acids is 1. The summed E-state index contributed by atoms with van der Waals surface area (Å²) in [4.78, 5) is 12.8. The second-order valence-electron chi connectivity index (χ2n) is 8.84. The molecule has 1 saturated carbocycles. The van der Waals surface area contributed by atoms with Gasteiger partial charge in [0.2, 0.25) is 5.75 Å². The van der Waals surface area contributed by atoms with Gasteiger partial charge in [0, 0.05) is 23.4 Å². The first-order valence-corrected chi connectivity index (χ1v) is 11.6. The van der Waals surface area contributed by atoms with Crippen LogP contribution in [0.4, 0.5) is 5.82 Å². The minimum absolute atomic E-state index is 0.257. The van der Waals surface area contributed by atoms with Crippen LogP contribution in [0.3, 0.4) is 0 Å². The Kier molecular flexibility index (Phi) is 5.84. The molecule has 0 spiro atoms. The quantitative estimate of drug-likeness (QED) is 0.473. The second kappa shape index (κ2) is 8.98. The number of hydrogen-bond acceptors (Lipinski definition) is 6. The molecule has 7 nitrogen and oxygen atoms in total. The number of ether oxygens (including phenoxy) is 3. The van der Waals surface area contributed by atoms with E-state index in [1.165, 1.54) is 10.8 Å². The number of benzene rings is 2. The Morgan fingerprint density at radius 3 is 2.34 bits per heavy atom. The lowest BCUT2D eigenvalue weighted by molar-refractivity contribution is 0.0950. The molecule has 2 aliphatic rings. The highest BCUT2D eigenvalue weighted by Crippen LogP contribution is 2.48. The molecule has 1 fully saturated rings. The average molecular weight is 472 g/mol. The summed E-state index contributed by atoms with van der Waals surface area (Å²) in [5.41, 5.74) is 3.20. The number of nitrogens with zero attached hydrogens (tertiary/aromatic N) is 2. The monoisotopic (exact) mass is 471 g/mol. The summed E-state index contributed by atoms with van der Waals surface area (Å²) in [6, 6.07) is 14.6. The molecular formula is C28H29N3O4. The van der Waals surface area contributed by atoms with Crippen LogP contribution in [0.1, 0.15) is 40.0 Å². The van der Waals surface area contributed by atoms with E-state index in [0.29, 0.717) is 29.7 Å². The number of nitrogens with one attached hydrogen (secondary N) is 1. The first kappa shape index (κ1) is 22.8. The fourth-order valence-corrected chi connectivity index (χ4v) is 4.79. The van der Waals surface area contributed by atoms with Crippen LogP contribution in [0, 0.1) is 0 Å². The van der Waals surface area contributed by atoms with Crippen molar-refractivity contribution in [2.75, 3.05) is 26.6 Å². The minimum atomic E-state index is -0.600. The molecule has 7 heteroatoms. The number of aromatic nitrogens is 2. The molecule has 0 aliphatic heterocycles. The predicted octanol–water partition coefficient (Wildman–Crippen LogP) is 4.87. The molecule has 180 valence electrons. The Bertz CT molecular complexity index is 1280. The van der Waals surface area contributed by atoms with Gasteiger partial charge in [-0.1, -0.05) is 49.1 Å². The van der Waals surface area contributed by atoms with Gasteiger partial charge in [0.05, 0.1) is 27.0 Å². The smallest absolute Gasteiger partial charge is 0.270 e. The molecule has 0 saturated heterocycles. The van der Waals surface area contributed by atoms with Crippen molar-refractivity contribution in [2.24, 2.45) is 0 Å². The summed E-state index contributed by atoms with van der Waals surface area (Å²) in [5, 5.41) is 8.13. The van der Waals surface area contributed by atoms with Gasteiger partial charge in [0.25, 0.3) is 5.91 Å². The van der Waals surface area contributed by atoms with E-state index in [-0.39, 0.29) is 5.91 Å². The van der Waals surface area contributed by atoms with Crippen molar-refractivity contribution in [2.45, 2.75) is 30.7 Å². The van der Waals surface area contributed by atoms with Crippen molar-refractivity contribution in [3.05, 3.63) is 83.6 Å². The fraction of sp³-hybridized carbons (Fsp3) is 0.286. The van der Waals surface area contributed by atoms with Crippen LogP contribution >= 0.6 is 0 Å². The Morgan fingerprint density at radius 1 is 1.09 bits per heavy atom. The van der Waals surface area contributed by atoms with Crippen LogP contribution < -0.4 is 19.5 Å². The summed E-state index contributed by atoms with van der Waals surface area (Å²) in [6.45, 7) is 3.69. The van der Waals surface area contributed by atoms with Gasteiger partial charge in [-0.3, -0.25) is 4.79 Å². The molecule has 2 aromatic carbocycles. The lowest BCUT2D eigenvalue weighted by Gasteiger charge is -2.35. The van der Waals surface area contributed by atoms with E-state index in [2.05, 4.69) is 41.3 Å². The van der Waals surface area contributed by atoms with Crippen LogP contribution in [0.2, 0.25) is 0 Å². The Balaban J connectivity index is 1.73. The Morgan fingerprint density at radius 2 is 1.77 bits per heavy atom. The van der Waals surface area contributed by atoms with Gasteiger partial charge >= 0.3 is 0 Å². The number of methoxy groups -OCH3 is 3. The molecule has 35 heavy (non-hydrogen) atoms. The minimum Gasteiger partial charge on any atom is -0.493 e. The Hall–Kier alpha value is -4.00. The molecule has 5 rings (SSSR count). The molecule has 1 aromatic heterocycles. The van der Waals surface area contributed by atoms with Crippen molar-refractivity contribution in [3.63, 3.8) is 0 Å². The van der Waals surface area contributed by atoms with Crippen molar-refractivity contribution in [3.8, 4) is 17.2 Å². The number of rotatable bonds is 8. The van der Waals surface area contributed by atoms with Gasteiger partial charge < -0.3 is 19.5 Å². The summed E-state index contributed by atoms with van der Waals surface area (Å²) in [7, 11) is 4.81. The van der Waals surface area contributed by atoms with Crippen LogP contribution in [0.25, 0.3) is 6.08 Å². The molecule has 3 aromatic rings. The lowest BCUT2D eigenvalue weighted by Crippen LogP contribution is -2.32. The molecule has 0 amide bonds. The zero-order valence-corrected chi connectivity index (χ0v) is 20.2. The molecule has 2 aliphatic carbocycles. The van der Waals surface area contributed by atoms with E-state index in [1.54, 1.807) is 21.3 Å². The first-order valence-electron chi connectivity index (χ1n) is 11.6. The summed E-state index contributed by atoms with van der Waals surface area (Å²) in [5.74, 6) is 2.16. The number of hydrogen-bond donors (Lipinski definition) is 1. The van der Waals surface area contributed by atoms with E-state index in [1.807, 2.05) is 30.3 Å². The Labute approximate surface area is 205 Å². The van der Waals surface area contributed by atoms with E-state index >= 15 is 0 Å². The maximum Gasteiger partial charge on any atom is 0.270 e. The SMILES string of the molecule is C=CC(=O)n1nc(NC2CC2)c2c1CC(c1ccccc1)(c1cc(OC)c(OC)c(OC)c1)C=C2. The number of fused-ring (bicyclic) bond motifs is 1. The summed E-state index contributed by atoms with van der Waals surface area (Å²) >= 11 is 0. The van der Waals surface area contributed by atoms with Gasteiger partial charge in [0.15, 0.2) is 17.3 Å². The van der Waals surface area contributed by atoms with Crippen LogP contribution in [-0.4, -0.2) is 43.1 Å². The largest absolute Gasteiger partial charge is 0.493 e. The number of allylic oxidation sites excluding steroid dienone is 2. The lowest BCUT2D eigenvalue weighted by atomic mass is 9.68. The third-order valence-electron chi connectivity index (χ3n) is 6.77. The molecule has 0 radical (unpaired) electrons. The molecule has 1 atom stereocenters. The average Bonchev–Trinajstić information content (AvgIpc) is 3.66. The highest BCUT2D eigenvalue weighted by molar-refractivity contribution is 5.91. The molecule has 0 bridgehead atoms. The maximum atomic E-state index is 12.8. The van der Waals surface area contributed by atoms with E-state index in [4.69, 9.17) is 14.2 Å². The molecule has 1 heterocycles. The van der Waals surface area contributed by atoms with E-state index in [9.17, 15) is 4.79 Å². The normalized spacial score (nSPS) is 18.5. The van der Waals surface area contributed by atoms with Crippen LogP contribution in [-0.2, 0) is 11.8 Å². The van der Waals surface area contributed by atoms with Gasteiger partial charge in [-0.25, -0.2) is 0 Å². The van der Waals surface area contributed by atoms with Crippen molar-refractivity contribution in [1.82, 2.24) is 9.78 Å². The second-order valence-corrected chi connectivity index (χ2v) is 8.84. The fourth-order valence-electron chi connectivity index (χ4n) is 4.79. The predicted molar refractivity (Wildman–Crippen MR) is 136 cm³/mol. The van der Waals surface area contributed by atoms with Crippen molar-refractivity contribution in [1.29, 1.82) is 0 Å². The van der Waals surface area contributed by atoms with Crippen molar-refractivity contribution >= 4 is 17.8 Å². The number of anilines is 1. The highest BCUT2D eigenvalue weighted by Gasteiger charge is 2.40. The topological polar surface area (TPSA) is 74.6 Å². The van der Waals surface area contributed by atoms with E-state index < -0.39 is 5.41 Å². The maximum absolute atomic E-state index is 12.8. The summed E-state index contributed by atoms with van der Waals surface area (Å²) in [6.07, 6.45) is 8.30.